The first-order valence-corrected chi connectivity index (χ1v) is 4.24. The quantitative estimate of drug-likeness (QED) is 0.753. The Morgan fingerprint density at radius 2 is 2.40 bits per heavy atom. The highest BCUT2D eigenvalue weighted by molar-refractivity contribution is 5.92. The molecule has 0 bridgehead atoms. The number of methoxy groups -OCH3 is 1. The van der Waals surface area contributed by atoms with Crippen molar-refractivity contribution in [3.05, 3.63) is 29.6 Å². The minimum Gasteiger partial charge on any atom is -0.494 e. The van der Waals surface area contributed by atoms with E-state index < -0.39 is 11.7 Å². The summed E-state index contributed by atoms with van der Waals surface area (Å²) in [6.45, 7) is 0.250. The third kappa shape index (κ3) is 2.99. The second kappa shape index (κ2) is 5.01. The highest BCUT2D eigenvalue weighted by atomic mass is 19.1. The number of carbonyl (C=O) groups is 1. The molecule has 4 heteroatoms. The van der Waals surface area contributed by atoms with Crippen molar-refractivity contribution in [2.75, 3.05) is 7.11 Å². The summed E-state index contributed by atoms with van der Waals surface area (Å²) in [5, 5.41) is 2.47. The van der Waals surface area contributed by atoms with Crippen LogP contribution in [0.15, 0.2) is 18.2 Å². The molecule has 0 aliphatic heterocycles. The van der Waals surface area contributed by atoms with E-state index in [4.69, 9.17) is 11.2 Å². The Labute approximate surface area is 87.2 Å². The molecule has 0 saturated carbocycles. The summed E-state index contributed by atoms with van der Waals surface area (Å²) in [5.41, 5.74) is 0.719. The number of ether oxygens (including phenoxy) is 1. The summed E-state index contributed by atoms with van der Waals surface area (Å²) in [7, 11) is 1.38. The monoisotopic (exact) mass is 207 g/mol. The van der Waals surface area contributed by atoms with Gasteiger partial charge in [0.05, 0.1) is 7.11 Å². The summed E-state index contributed by atoms with van der Waals surface area (Å²) in [5.74, 6) is 1.12. The van der Waals surface area contributed by atoms with Crippen LogP contribution in [-0.4, -0.2) is 13.0 Å². The normalized spacial score (nSPS) is 9.13. The van der Waals surface area contributed by atoms with Crippen LogP contribution in [-0.2, 0) is 11.3 Å². The van der Waals surface area contributed by atoms with Crippen LogP contribution in [0.4, 0.5) is 4.39 Å². The van der Waals surface area contributed by atoms with E-state index in [1.807, 2.05) is 5.92 Å². The van der Waals surface area contributed by atoms with E-state index in [0.29, 0.717) is 0 Å². The first kappa shape index (κ1) is 11.1. The minimum absolute atomic E-state index is 0.141. The van der Waals surface area contributed by atoms with E-state index in [0.717, 1.165) is 5.56 Å². The number of hydrogen-bond donors (Lipinski definition) is 1. The Hall–Kier alpha value is -2.02. The number of hydrogen-bond acceptors (Lipinski definition) is 2. The third-order valence-electron chi connectivity index (χ3n) is 1.80. The topological polar surface area (TPSA) is 38.3 Å². The van der Waals surface area contributed by atoms with E-state index in [-0.39, 0.29) is 12.3 Å². The molecule has 78 valence electrons. The largest absolute Gasteiger partial charge is 0.494 e. The zero-order valence-electron chi connectivity index (χ0n) is 8.21. The number of rotatable bonds is 3. The van der Waals surface area contributed by atoms with Gasteiger partial charge >= 0.3 is 0 Å². The molecule has 0 radical (unpaired) electrons. The third-order valence-corrected chi connectivity index (χ3v) is 1.80. The van der Waals surface area contributed by atoms with Gasteiger partial charge in [-0.25, -0.2) is 4.39 Å². The summed E-state index contributed by atoms with van der Waals surface area (Å²) >= 11 is 0. The fourth-order valence-corrected chi connectivity index (χ4v) is 1.05. The number of nitrogens with one attached hydrogen (secondary N) is 1. The Balaban J connectivity index is 2.71. The van der Waals surface area contributed by atoms with Gasteiger partial charge in [0.2, 0.25) is 0 Å². The van der Waals surface area contributed by atoms with Gasteiger partial charge in [0.1, 0.15) is 0 Å². The van der Waals surface area contributed by atoms with Gasteiger partial charge in [0.15, 0.2) is 11.6 Å². The highest BCUT2D eigenvalue weighted by Gasteiger charge is 2.03. The molecular weight excluding hydrogens is 197 g/mol. The maximum absolute atomic E-state index is 13.0. The molecule has 0 saturated heterocycles. The van der Waals surface area contributed by atoms with Crippen LogP contribution in [0, 0.1) is 18.2 Å². The Kier molecular flexibility index (Phi) is 3.69. The maximum Gasteiger partial charge on any atom is 0.295 e. The van der Waals surface area contributed by atoms with Gasteiger partial charge < -0.3 is 10.1 Å². The summed E-state index contributed by atoms with van der Waals surface area (Å²) in [4.78, 5) is 10.8. The van der Waals surface area contributed by atoms with Crippen molar-refractivity contribution in [1.82, 2.24) is 5.32 Å². The molecule has 0 unspecified atom stereocenters. The average molecular weight is 207 g/mol. The van der Waals surface area contributed by atoms with Gasteiger partial charge in [0.25, 0.3) is 5.91 Å². The first-order chi connectivity index (χ1) is 7.17. The van der Waals surface area contributed by atoms with Crippen LogP contribution in [0.25, 0.3) is 0 Å². The van der Waals surface area contributed by atoms with Crippen molar-refractivity contribution in [3.63, 3.8) is 0 Å². The molecule has 1 amide bonds. The summed E-state index contributed by atoms with van der Waals surface area (Å²) < 4.78 is 17.8. The molecule has 0 fully saturated rings. The van der Waals surface area contributed by atoms with Crippen molar-refractivity contribution < 1.29 is 13.9 Å². The molecule has 0 spiro atoms. The van der Waals surface area contributed by atoms with Gasteiger partial charge in [-0.3, -0.25) is 4.79 Å². The number of terminal acetylenes is 1. The van der Waals surface area contributed by atoms with Gasteiger partial charge in [0, 0.05) is 6.54 Å². The van der Waals surface area contributed by atoms with E-state index in [1.54, 1.807) is 6.07 Å². The zero-order chi connectivity index (χ0) is 11.3. The first-order valence-electron chi connectivity index (χ1n) is 4.24. The lowest BCUT2D eigenvalue weighted by Gasteiger charge is -2.05. The predicted molar refractivity (Wildman–Crippen MR) is 53.6 cm³/mol. The molecule has 0 aliphatic carbocycles. The van der Waals surface area contributed by atoms with Gasteiger partial charge in [-0.1, -0.05) is 6.07 Å². The van der Waals surface area contributed by atoms with Gasteiger partial charge in [-0.2, -0.15) is 0 Å². The molecule has 1 aromatic carbocycles. The highest BCUT2D eigenvalue weighted by Crippen LogP contribution is 2.17. The number of amides is 1. The summed E-state index contributed by atoms with van der Waals surface area (Å²) in [6.07, 6.45) is 4.87. The van der Waals surface area contributed by atoms with Crippen LogP contribution < -0.4 is 10.1 Å². The Morgan fingerprint density at radius 3 is 3.00 bits per heavy atom. The lowest BCUT2D eigenvalue weighted by atomic mass is 10.2. The minimum atomic E-state index is -0.502. The van der Waals surface area contributed by atoms with Gasteiger partial charge in [-0.15, -0.1) is 6.42 Å². The lowest BCUT2D eigenvalue weighted by molar-refractivity contribution is -0.115. The average Bonchev–Trinajstić information content (AvgIpc) is 2.27. The molecule has 3 nitrogen and oxygen atoms in total. The molecule has 0 atom stereocenters. The predicted octanol–water partition coefficient (Wildman–Crippen LogP) is 1.08. The second-order valence-electron chi connectivity index (χ2n) is 2.80. The maximum atomic E-state index is 13.0. The zero-order valence-corrected chi connectivity index (χ0v) is 8.21. The number of halogens is 1. The van der Waals surface area contributed by atoms with Crippen LogP contribution in [0.5, 0.6) is 5.75 Å². The molecule has 15 heavy (non-hydrogen) atoms. The van der Waals surface area contributed by atoms with Crippen molar-refractivity contribution >= 4 is 5.91 Å². The fraction of sp³-hybridized carbons (Fsp3) is 0.182. The summed E-state index contributed by atoms with van der Waals surface area (Å²) in [6, 6.07) is 4.33. The number of carbonyl (C=O) groups excluding carboxylic acids is 1. The second-order valence-corrected chi connectivity index (χ2v) is 2.80. The molecule has 0 aromatic heterocycles. The van der Waals surface area contributed by atoms with Crippen LogP contribution >= 0.6 is 0 Å². The Morgan fingerprint density at radius 1 is 1.67 bits per heavy atom. The smallest absolute Gasteiger partial charge is 0.295 e. The lowest BCUT2D eigenvalue weighted by Crippen LogP contribution is -2.20. The van der Waals surface area contributed by atoms with Crippen LogP contribution in [0.3, 0.4) is 0 Å². The molecular formula is C11H10FNO2. The molecule has 1 aromatic rings. The van der Waals surface area contributed by atoms with Crippen molar-refractivity contribution in [2.45, 2.75) is 6.54 Å². The standard InChI is InChI=1S/C11H10FNO2/c1-3-11(14)13-7-8-4-5-9(12)10(6-8)15-2/h1,4-6H,7H2,2H3,(H,13,14). The van der Waals surface area contributed by atoms with Gasteiger partial charge in [-0.05, 0) is 23.6 Å². The molecule has 1 N–H and O–H groups in total. The molecule has 0 aliphatic rings. The molecule has 0 heterocycles. The van der Waals surface area contributed by atoms with Crippen LogP contribution in [0.1, 0.15) is 5.56 Å². The van der Waals surface area contributed by atoms with E-state index >= 15 is 0 Å². The number of benzene rings is 1. The van der Waals surface area contributed by atoms with Crippen molar-refractivity contribution in [2.24, 2.45) is 0 Å². The fourth-order valence-electron chi connectivity index (χ4n) is 1.05. The van der Waals surface area contributed by atoms with E-state index in [9.17, 15) is 9.18 Å². The SMILES string of the molecule is C#CC(=O)NCc1ccc(F)c(OC)c1. The Bertz CT molecular complexity index is 410. The van der Waals surface area contributed by atoms with E-state index in [2.05, 4.69) is 5.32 Å². The van der Waals surface area contributed by atoms with Crippen molar-refractivity contribution in [3.8, 4) is 18.1 Å². The molecule has 1 rings (SSSR count). The van der Waals surface area contributed by atoms with Crippen molar-refractivity contribution in [1.29, 1.82) is 0 Å². The van der Waals surface area contributed by atoms with Crippen LogP contribution in [0.2, 0.25) is 0 Å². The van der Waals surface area contributed by atoms with E-state index in [1.165, 1.54) is 19.2 Å².